The van der Waals surface area contributed by atoms with Crippen molar-refractivity contribution in [3.05, 3.63) is 48.4 Å². The minimum Gasteiger partial charge on any atom is -0.394 e. The molecule has 5 atom stereocenters. The molecule has 0 aliphatic carbocycles. The lowest BCUT2D eigenvalue weighted by Crippen LogP contribution is -2.58. The lowest BCUT2D eigenvalue weighted by atomic mass is 10.00. The summed E-state index contributed by atoms with van der Waals surface area (Å²) in [5.74, 6) is 0.712. The molecule has 7 N–H and O–H groups in total. The largest absolute Gasteiger partial charge is 0.394 e. The highest BCUT2D eigenvalue weighted by Gasteiger charge is 2.42. The van der Waals surface area contributed by atoms with Gasteiger partial charge in [-0.1, -0.05) is 30.3 Å². The normalized spacial score (nSPS) is 26.6. The van der Waals surface area contributed by atoms with Gasteiger partial charge in [0.15, 0.2) is 11.9 Å². The predicted molar refractivity (Wildman–Crippen MR) is 101 cm³/mol. The lowest BCUT2D eigenvalue weighted by Gasteiger charge is -2.37. The third-order valence-electron chi connectivity index (χ3n) is 4.33. The van der Waals surface area contributed by atoms with Crippen LogP contribution in [0, 0.1) is 0 Å². The van der Waals surface area contributed by atoms with Gasteiger partial charge in [0.2, 0.25) is 5.95 Å². The quantitative estimate of drug-likeness (QED) is 0.277. The number of nitrogens with zero attached hydrogens (tertiary/aromatic N) is 3. The standard InChI is InChI=1S/C12H11N5.C6H12O6/c1-2-4-9(5-3-1)6-14-12-16-10-7-13-8-15-11(10)17-12;7-1-2-3(8)4(9)5(10)6(11)12-2/h1-5,7-8H,6H2,(H2,13,14,15,16,17);2-11H,1H2/t;2-,3-,4+,5-,6?/m.1/s1. The number of aromatic nitrogens is 4. The third kappa shape index (κ3) is 5.23. The van der Waals surface area contributed by atoms with E-state index < -0.39 is 37.3 Å². The monoisotopic (exact) mass is 405 g/mol. The number of aliphatic hydroxyl groups excluding tert-OH is 5. The van der Waals surface area contributed by atoms with Crippen molar-refractivity contribution in [3.63, 3.8) is 0 Å². The summed E-state index contributed by atoms with van der Waals surface area (Å²) in [5.41, 5.74) is 2.72. The molecule has 1 aliphatic heterocycles. The van der Waals surface area contributed by atoms with Gasteiger partial charge >= 0.3 is 0 Å². The number of hydrogen-bond acceptors (Lipinski definition) is 10. The topological polar surface area (TPSA) is 177 Å². The van der Waals surface area contributed by atoms with Crippen LogP contribution in [0.3, 0.4) is 0 Å². The molecule has 156 valence electrons. The molecule has 1 unspecified atom stereocenters. The van der Waals surface area contributed by atoms with Crippen LogP contribution in [-0.4, -0.2) is 82.8 Å². The van der Waals surface area contributed by atoms with Crippen LogP contribution >= 0.6 is 0 Å². The molecule has 0 bridgehead atoms. The van der Waals surface area contributed by atoms with Gasteiger partial charge in [-0.05, 0) is 5.56 Å². The van der Waals surface area contributed by atoms with Gasteiger partial charge in [-0.2, -0.15) is 4.98 Å². The average Bonchev–Trinajstić information content (AvgIpc) is 3.17. The van der Waals surface area contributed by atoms with Crippen LogP contribution < -0.4 is 5.32 Å². The lowest BCUT2D eigenvalue weighted by molar-refractivity contribution is -0.286. The molecule has 11 heteroatoms. The summed E-state index contributed by atoms with van der Waals surface area (Å²) in [6, 6.07) is 10.2. The Balaban J connectivity index is 0.000000177. The van der Waals surface area contributed by atoms with Crippen molar-refractivity contribution in [3.8, 4) is 0 Å². The number of anilines is 1. The molecule has 1 aliphatic rings. The molecular formula is C18H23N5O6. The van der Waals surface area contributed by atoms with Crippen LogP contribution in [0.2, 0.25) is 0 Å². The highest BCUT2D eigenvalue weighted by Crippen LogP contribution is 2.19. The van der Waals surface area contributed by atoms with Crippen molar-refractivity contribution in [1.82, 2.24) is 19.9 Å². The summed E-state index contributed by atoms with van der Waals surface area (Å²) in [7, 11) is 0. The SMILES string of the molecule is OC[C@H]1OC(O)[C@H](O)[C@@H](O)[C@@H]1O.c1ccc(CNc2nc3ncncc3[nH]2)cc1. The second-order valence-electron chi connectivity index (χ2n) is 6.40. The Kier molecular flexibility index (Phi) is 7.04. The van der Waals surface area contributed by atoms with E-state index in [1.807, 2.05) is 18.2 Å². The summed E-state index contributed by atoms with van der Waals surface area (Å²) in [6.45, 7) is 0.204. The summed E-state index contributed by atoms with van der Waals surface area (Å²) in [4.78, 5) is 15.4. The number of benzene rings is 1. The second-order valence-corrected chi connectivity index (χ2v) is 6.40. The smallest absolute Gasteiger partial charge is 0.203 e. The molecule has 1 aromatic carbocycles. The molecule has 11 nitrogen and oxygen atoms in total. The second kappa shape index (κ2) is 9.69. The van der Waals surface area contributed by atoms with Crippen molar-refractivity contribution >= 4 is 17.1 Å². The van der Waals surface area contributed by atoms with E-state index in [9.17, 15) is 0 Å². The van der Waals surface area contributed by atoms with Gasteiger partial charge in [-0.15, -0.1) is 0 Å². The number of aliphatic hydroxyl groups is 5. The average molecular weight is 405 g/mol. The summed E-state index contributed by atoms with van der Waals surface area (Å²) < 4.78 is 4.58. The molecule has 0 amide bonds. The van der Waals surface area contributed by atoms with E-state index in [2.05, 4.69) is 42.1 Å². The number of ether oxygens (including phenoxy) is 1. The first-order valence-electron chi connectivity index (χ1n) is 8.91. The van der Waals surface area contributed by atoms with Gasteiger partial charge in [0, 0.05) is 6.54 Å². The van der Waals surface area contributed by atoms with Crippen molar-refractivity contribution in [2.24, 2.45) is 0 Å². The van der Waals surface area contributed by atoms with Crippen LogP contribution in [0.25, 0.3) is 11.2 Å². The van der Waals surface area contributed by atoms with E-state index in [4.69, 9.17) is 25.5 Å². The fourth-order valence-electron chi connectivity index (χ4n) is 2.71. The van der Waals surface area contributed by atoms with Gasteiger partial charge in [0.25, 0.3) is 0 Å². The predicted octanol–water partition coefficient (Wildman–Crippen LogP) is -1.26. The fraction of sp³-hybridized carbons (Fsp3) is 0.389. The van der Waals surface area contributed by atoms with Crippen LogP contribution in [0.1, 0.15) is 5.56 Å². The first-order chi connectivity index (χ1) is 14.0. The molecule has 1 saturated heterocycles. The maximum Gasteiger partial charge on any atom is 0.203 e. The molecule has 0 radical (unpaired) electrons. The molecular weight excluding hydrogens is 382 g/mol. The Bertz CT molecular complexity index is 857. The van der Waals surface area contributed by atoms with E-state index in [0.29, 0.717) is 11.6 Å². The zero-order valence-corrected chi connectivity index (χ0v) is 15.3. The summed E-state index contributed by atoms with van der Waals surface area (Å²) in [6.07, 6.45) is -3.84. The number of fused-ring (bicyclic) bond motifs is 1. The van der Waals surface area contributed by atoms with Crippen LogP contribution in [-0.2, 0) is 11.3 Å². The van der Waals surface area contributed by atoms with E-state index in [1.165, 1.54) is 11.9 Å². The van der Waals surface area contributed by atoms with Crippen LogP contribution in [0.4, 0.5) is 5.95 Å². The number of nitrogens with one attached hydrogen (secondary N) is 2. The highest BCUT2D eigenvalue weighted by molar-refractivity contribution is 5.71. The third-order valence-corrected chi connectivity index (χ3v) is 4.33. The minimum atomic E-state index is -1.57. The number of H-pyrrole nitrogens is 1. The highest BCUT2D eigenvalue weighted by atomic mass is 16.6. The number of imidazole rings is 1. The molecule has 2 aromatic heterocycles. The Morgan fingerprint density at radius 1 is 1.03 bits per heavy atom. The fourth-order valence-corrected chi connectivity index (χ4v) is 2.71. The Labute approximate surface area is 165 Å². The van der Waals surface area contributed by atoms with E-state index in [1.54, 1.807) is 6.20 Å². The molecule has 3 heterocycles. The van der Waals surface area contributed by atoms with Gasteiger partial charge in [0.1, 0.15) is 36.3 Å². The summed E-state index contributed by atoms with van der Waals surface area (Å²) in [5, 5.41) is 47.9. The zero-order valence-electron chi connectivity index (χ0n) is 15.3. The Hall–Kier alpha value is -2.67. The molecule has 3 aromatic rings. The van der Waals surface area contributed by atoms with Crippen molar-refractivity contribution < 1.29 is 30.3 Å². The van der Waals surface area contributed by atoms with Crippen molar-refractivity contribution in [1.29, 1.82) is 0 Å². The van der Waals surface area contributed by atoms with Gasteiger partial charge in [-0.3, -0.25) is 0 Å². The van der Waals surface area contributed by atoms with Crippen molar-refractivity contribution in [2.45, 2.75) is 37.3 Å². The molecule has 0 spiro atoms. The molecule has 0 saturated carbocycles. The van der Waals surface area contributed by atoms with E-state index >= 15 is 0 Å². The van der Waals surface area contributed by atoms with Crippen LogP contribution in [0.15, 0.2) is 42.9 Å². The summed E-state index contributed by atoms with van der Waals surface area (Å²) >= 11 is 0. The van der Waals surface area contributed by atoms with Crippen molar-refractivity contribution in [2.75, 3.05) is 11.9 Å². The minimum absolute atomic E-state index is 0.526. The van der Waals surface area contributed by atoms with E-state index in [-0.39, 0.29) is 0 Å². The first kappa shape index (κ1) is 21.0. The number of hydrogen-bond donors (Lipinski definition) is 7. The Morgan fingerprint density at radius 2 is 1.79 bits per heavy atom. The van der Waals surface area contributed by atoms with E-state index in [0.717, 1.165) is 12.1 Å². The maximum atomic E-state index is 9.12. The zero-order chi connectivity index (χ0) is 20.8. The number of aromatic amines is 1. The van der Waals surface area contributed by atoms with Gasteiger partial charge < -0.3 is 40.6 Å². The molecule has 4 rings (SSSR count). The first-order valence-corrected chi connectivity index (χ1v) is 8.91. The van der Waals surface area contributed by atoms with Gasteiger partial charge in [-0.25, -0.2) is 9.97 Å². The van der Waals surface area contributed by atoms with Gasteiger partial charge in [0.05, 0.1) is 12.8 Å². The maximum absolute atomic E-state index is 9.12. The molecule has 1 fully saturated rings. The number of rotatable bonds is 4. The van der Waals surface area contributed by atoms with Crippen LogP contribution in [0.5, 0.6) is 0 Å². The Morgan fingerprint density at radius 3 is 2.48 bits per heavy atom. The molecule has 29 heavy (non-hydrogen) atoms.